The van der Waals surface area contributed by atoms with Crippen LogP contribution in [0.4, 0.5) is 0 Å². The van der Waals surface area contributed by atoms with Crippen LogP contribution in [0.15, 0.2) is 0 Å². The van der Waals surface area contributed by atoms with Gasteiger partial charge in [-0.1, -0.05) is 25.7 Å². The topological polar surface area (TPSA) is 44.4 Å². The van der Waals surface area contributed by atoms with Gasteiger partial charge < -0.3 is 15.5 Å². The molecule has 1 aliphatic carbocycles. The van der Waals surface area contributed by atoms with E-state index in [4.69, 9.17) is 0 Å². The van der Waals surface area contributed by atoms with E-state index in [1.54, 1.807) is 0 Å². The molecule has 2 aliphatic rings. The van der Waals surface area contributed by atoms with E-state index in [1.165, 1.54) is 45.1 Å². The van der Waals surface area contributed by atoms with E-state index in [0.29, 0.717) is 18.6 Å². The highest BCUT2D eigenvalue weighted by Crippen LogP contribution is 2.17. The molecular formula is C15H29N3O. The molecule has 110 valence electrons. The molecule has 2 fully saturated rings. The van der Waals surface area contributed by atoms with Crippen molar-refractivity contribution in [1.29, 1.82) is 0 Å². The zero-order valence-electron chi connectivity index (χ0n) is 12.3. The SMILES string of the molecule is CN1CCCCC1CNCC(=O)NC1CCCCC1. The summed E-state index contributed by atoms with van der Waals surface area (Å²) < 4.78 is 0. The van der Waals surface area contributed by atoms with Gasteiger partial charge in [0.25, 0.3) is 0 Å². The van der Waals surface area contributed by atoms with Crippen LogP contribution < -0.4 is 10.6 Å². The number of hydrogen-bond acceptors (Lipinski definition) is 3. The summed E-state index contributed by atoms with van der Waals surface area (Å²) in [6.07, 6.45) is 10.1. The van der Waals surface area contributed by atoms with Crippen LogP contribution in [0.25, 0.3) is 0 Å². The van der Waals surface area contributed by atoms with Crippen molar-refractivity contribution in [3.05, 3.63) is 0 Å². The molecule has 0 radical (unpaired) electrons. The van der Waals surface area contributed by atoms with Gasteiger partial charge in [0, 0.05) is 18.6 Å². The molecule has 1 atom stereocenters. The Balaban J connectivity index is 1.58. The molecule has 1 saturated heterocycles. The average molecular weight is 267 g/mol. The minimum Gasteiger partial charge on any atom is -0.352 e. The van der Waals surface area contributed by atoms with Gasteiger partial charge >= 0.3 is 0 Å². The first-order valence-electron chi connectivity index (χ1n) is 7.96. The van der Waals surface area contributed by atoms with Crippen LogP contribution in [0.5, 0.6) is 0 Å². The van der Waals surface area contributed by atoms with E-state index in [-0.39, 0.29) is 5.91 Å². The molecule has 4 nitrogen and oxygen atoms in total. The predicted octanol–water partition coefficient (Wildman–Crippen LogP) is 1.51. The van der Waals surface area contributed by atoms with Gasteiger partial charge in [-0.3, -0.25) is 4.79 Å². The van der Waals surface area contributed by atoms with Crippen molar-refractivity contribution in [2.75, 3.05) is 26.7 Å². The van der Waals surface area contributed by atoms with Gasteiger partial charge in [0.15, 0.2) is 0 Å². The molecule has 2 rings (SSSR count). The number of carbonyl (C=O) groups excluding carboxylic acids is 1. The van der Waals surface area contributed by atoms with Crippen molar-refractivity contribution < 1.29 is 4.79 Å². The lowest BCUT2D eigenvalue weighted by molar-refractivity contribution is -0.121. The monoisotopic (exact) mass is 267 g/mol. The molecule has 1 aliphatic heterocycles. The molecule has 1 saturated carbocycles. The number of nitrogens with one attached hydrogen (secondary N) is 2. The lowest BCUT2D eigenvalue weighted by Gasteiger charge is -2.32. The van der Waals surface area contributed by atoms with Crippen LogP contribution in [0, 0.1) is 0 Å². The Bertz CT molecular complexity index is 277. The lowest BCUT2D eigenvalue weighted by atomic mass is 9.95. The number of rotatable bonds is 5. The van der Waals surface area contributed by atoms with Crippen molar-refractivity contribution in [3.63, 3.8) is 0 Å². The average Bonchev–Trinajstić information content (AvgIpc) is 2.42. The maximum atomic E-state index is 11.8. The van der Waals surface area contributed by atoms with Crippen molar-refractivity contribution in [2.45, 2.75) is 63.5 Å². The first-order valence-corrected chi connectivity index (χ1v) is 7.96. The molecule has 0 spiro atoms. The first kappa shape index (κ1) is 14.8. The molecule has 4 heteroatoms. The van der Waals surface area contributed by atoms with Crippen LogP contribution >= 0.6 is 0 Å². The van der Waals surface area contributed by atoms with Gasteiger partial charge in [-0.25, -0.2) is 0 Å². The summed E-state index contributed by atoms with van der Waals surface area (Å²) >= 11 is 0. The number of amides is 1. The highest BCUT2D eigenvalue weighted by atomic mass is 16.1. The largest absolute Gasteiger partial charge is 0.352 e. The molecule has 1 heterocycles. The molecular weight excluding hydrogens is 238 g/mol. The standard InChI is InChI=1S/C15H29N3O/c1-18-10-6-5-9-14(18)11-16-12-15(19)17-13-7-3-2-4-8-13/h13-14,16H,2-12H2,1H3,(H,17,19). The predicted molar refractivity (Wildman–Crippen MR) is 78.2 cm³/mol. The van der Waals surface area contributed by atoms with E-state index >= 15 is 0 Å². The van der Waals surface area contributed by atoms with Gasteiger partial charge in [-0.05, 0) is 39.3 Å². The van der Waals surface area contributed by atoms with E-state index in [9.17, 15) is 4.79 Å². The number of carbonyl (C=O) groups is 1. The van der Waals surface area contributed by atoms with Crippen molar-refractivity contribution in [2.24, 2.45) is 0 Å². The summed E-state index contributed by atoms with van der Waals surface area (Å²) in [5, 5.41) is 6.47. The highest BCUT2D eigenvalue weighted by Gasteiger charge is 2.19. The number of likely N-dealkylation sites (N-methyl/N-ethyl adjacent to an activating group) is 1. The van der Waals surface area contributed by atoms with Crippen LogP contribution in [-0.4, -0.2) is 49.6 Å². The third-order valence-corrected chi connectivity index (χ3v) is 4.56. The summed E-state index contributed by atoms with van der Waals surface area (Å²) in [5.41, 5.74) is 0. The summed E-state index contributed by atoms with van der Waals surface area (Å²) in [6.45, 7) is 2.61. The Hall–Kier alpha value is -0.610. The van der Waals surface area contributed by atoms with Gasteiger partial charge in [0.05, 0.1) is 6.54 Å². The van der Waals surface area contributed by atoms with E-state index in [0.717, 1.165) is 19.4 Å². The number of hydrogen-bond donors (Lipinski definition) is 2. The normalized spacial score (nSPS) is 26.3. The van der Waals surface area contributed by atoms with Crippen LogP contribution in [0.2, 0.25) is 0 Å². The maximum absolute atomic E-state index is 11.8. The summed E-state index contributed by atoms with van der Waals surface area (Å²) in [6, 6.07) is 1.04. The Morgan fingerprint density at radius 2 is 1.84 bits per heavy atom. The molecule has 0 bridgehead atoms. The minimum absolute atomic E-state index is 0.172. The molecule has 1 unspecified atom stereocenters. The first-order chi connectivity index (χ1) is 9.25. The van der Waals surface area contributed by atoms with E-state index < -0.39 is 0 Å². The van der Waals surface area contributed by atoms with Crippen LogP contribution in [0.1, 0.15) is 51.4 Å². The Kier molecular flexibility index (Phi) is 6.11. The quantitative estimate of drug-likeness (QED) is 0.793. The van der Waals surface area contributed by atoms with Crippen molar-refractivity contribution in [1.82, 2.24) is 15.5 Å². The highest BCUT2D eigenvalue weighted by molar-refractivity contribution is 5.78. The molecule has 0 aromatic heterocycles. The molecule has 1 amide bonds. The second kappa shape index (κ2) is 7.85. The van der Waals surface area contributed by atoms with E-state index in [1.807, 2.05) is 0 Å². The zero-order valence-corrected chi connectivity index (χ0v) is 12.3. The zero-order chi connectivity index (χ0) is 13.5. The Labute approximate surface area is 117 Å². The number of piperidine rings is 1. The fourth-order valence-corrected chi connectivity index (χ4v) is 3.28. The fourth-order valence-electron chi connectivity index (χ4n) is 3.28. The molecule has 2 N–H and O–H groups in total. The van der Waals surface area contributed by atoms with Gasteiger partial charge in [-0.2, -0.15) is 0 Å². The molecule has 19 heavy (non-hydrogen) atoms. The van der Waals surface area contributed by atoms with Crippen LogP contribution in [-0.2, 0) is 4.79 Å². The summed E-state index contributed by atoms with van der Waals surface area (Å²) in [7, 11) is 2.19. The van der Waals surface area contributed by atoms with Gasteiger partial charge in [-0.15, -0.1) is 0 Å². The van der Waals surface area contributed by atoms with Crippen molar-refractivity contribution in [3.8, 4) is 0 Å². The summed E-state index contributed by atoms with van der Waals surface area (Å²) in [4.78, 5) is 14.3. The van der Waals surface area contributed by atoms with Gasteiger partial charge in [0.2, 0.25) is 5.91 Å². The van der Waals surface area contributed by atoms with Crippen molar-refractivity contribution >= 4 is 5.91 Å². The minimum atomic E-state index is 0.172. The smallest absolute Gasteiger partial charge is 0.234 e. The number of likely N-dealkylation sites (tertiary alicyclic amines) is 1. The molecule has 0 aromatic rings. The third-order valence-electron chi connectivity index (χ3n) is 4.56. The molecule has 0 aromatic carbocycles. The van der Waals surface area contributed by atoms with Gasteiger partial charge in [0.1, 0.15) is 0 Å². The lowest BCUT2D eigenvalue weighted by Crippen LogP contribution is -2.46. The second-order valence-corrected chi connectivity index (χ2v) is 6.16. The Morgan fingerprint density at radius 3 is 2.58 bits per heavy atom. The summed E-state index contributed by atoms with van der Waals surface area (Å²) in [5.74, 6) is 0.172. The Morgan fingerprint density at radius 1 is 1.11 bits per heavy atom. The van der Waals surface area contributed by atoms with Crippen LogP contribution in [0.3, 0.4) is 0 Å². The third kappa shape index (κ3) is 5.11. The number of nitrogens with zero attached hydrogens (tertiary/aromatic N) is 1. The maximum Gasteiger partial charge on any atom is 0.234 e. The van der Waals surface area contributed by atoms with E-state index in [2.05, 4.69) is 22.6 Å². The fraction of sp³-hybridized carbons (Fsp3) is 0.933. The second-order valence-electron chi connectivity index (χ2n) is 6.16.